The number of amides is 1. The summed E-state index contributed by atoms with van der Waals surface area (Å²) in [6.07, 6.45) is 4.25. The number of piperazine rings is 1. The smallest absolute Gasteiger partial charge is 0.253 e. The lowest BCUT2D eigenvalue weighted by Crippen LogP contribution is -2.48. The maximum absolute atomic E-state index is 12.8. The second-order valence-corrected chi connectivity index (χ2v) is 7.19. The van der Waals surface area contributed by atoms with Crippen LogP contribution in [0.2, 0.25) is 0 Å². The molecular formula is C25H22N6O. The molecule has 1 saturated heterocycles. The van der Waals surface area contributed by atoms with Crippen LogP contribution in [0.15, 0.2) is 71.9 Å². The molecule has 2 aromatic carbocycles. The first-order chi connectivity index (χ1) is 15.6. The molecule has 158 valence electrons. The number of carbonyl (C=O) groups excluding carboxylic acids is 1. The van der Waals surface area contributed by atoms with Gasteiger partial charge in [0.05, 0.1) is 0 Å². The van der Waals surface area contributed by atoms with Crippen molar-refractivity contribution in [3.05, 3.63) is 83.1 Å². The van der Waals surface area contributed by atoms with Crippen LogP contribution in [0.4, 0.5) is 5.69 Å². The molecule has 1 aliphatic heterocycles. The molecule has 1 heterocycles. The van der Waals surface area contributed by atoms with E-state index in [9.17, 15) is 4.79 Å². The average Bonchev–Trinajstić information content (AvgIpc) is 2.85. The van der Waals surface area contributed by atoms with Crippen molar-refractivity contribution in [3.63, 3.8) is 0 Å². The van der Waals surface area contributed by atoms with E-state index in [1.807, 2.05) is 29.2 Å². The molecule has 3 rings (SSSR count). The van der Waals surface area contributed by atoms with Gasteiger partial charge in [-0.2, -0.15) is 15.8 Å². The molecular weight excluding hydrogens is 400 g/mol. The van der Waals surface area contributed by atoms with E-state index in [2.05, 4.69) is 34.5 Å². The third-order valence-corrected chi connectivity index (χ3v) is 5.12. The van der Waals surface area contributed by atoms with Gasteiger partial charge in [0.15, 0.2) is 5.57 Å². The monoisotopic (exact) mass is 422 g/mol. The molecule has 7 nitrogen and oxygen atoms in total. The zero-order valence-electron chi connectivity index (χ0n) is 17.5. The second-order valence-electron chi connectivity index (χ2n) is 7.19. The van der Waals surface area contributed by atoms with E-state index in [4.69, 9.17) is 15.8 Å². The van der Waals surface area contributed by atoms with Gasteiger partial charge >= 0.3 is 0 Å². The number of allylic oxidation sites excluding steroid dienone is 2. The van der Waals surface area contributed by atoms with Crippen LogP contribution in [-0.2, 0) is 0 Å². The third kappa shape index (κ3) is 5.83. The van der Waals surface area contributed by atoms with E-state index in [1.54, 1.807) is 36.4 Å². The van der Waals surface area contributed by atoms with Gasteiger partial charge in [-0.05, 0) is 29.8 Å². The predicted octanol–water partition coefficient (Wildman–Crippen LogP) is 3.39. The number of nitrogens with one attached hydrogen (secondary N) is 1. The first-order valence-corrected chi connectivity index (χ1v) is 10.2. The van der Waals surface area contributed by atoms with E-state index < -0.39 is 0 Å². The van der Waals surface area contributed by atoms with Crippen LogP contribution in [0, 0.1) is 34.0 Å². The topological polar surface area (TPSA) is 107 Å². The van der Waals surface area contributed by atoms with Crippen molar-refractivity contribution in [2.24, 2.45) is 0 Å². The summed E-state index contributed by atoms with van der Waals surface area (Å²) in [6, 6.07) is 22.0. The minimum Gasteiger partial charge on any atom is -0.345 e. The Morgan fingerprint density at radius 1 is 0.906 bits per heavy atom. The summed E-state index contributed by atoms with van der Waals surface area (Å²) in [7, 11) is 0. The molecule has 0 atom stereocenters. The quantitative estimate of drug-likeness (QED) is 0.715. The lowest BCUT2D eigenvalue weighted by molar-refractivity contribution is 0.0650. The van der Waals surface area contributed by atoms with Crippen molar-refractivity contribution in [2.45, 2.75) is 0 Å². The highest BCUT2D eigenvalue weighted by molar-refractivity contribution is 5.94. The number of hydrogen-bond acceptors (Lipinski definition) is 6. The fraction of sp³-hybridized carbons (Fsp3) is 0.200. The fourth-order valence-corrected chi connectivity index (χ4v) is 3.34. The standard InChI is InChI=1S/C25H22N6O/c26-17-22(18-27)24(19-28)29-23-10-8-21(9-11-23)25(32)31-15-13-30(14-16-31)12-4-7-20-5-2-1-3-6-20/h1-11,29H,12-16H2. The lowest BCUT2D eigenvalue weighted by atomic mass is 10.1. The highest BCUT2D eigenvalue weighted by Crippen LogP contribution is 2.16. The van der Waals surface area contributed by atoms with Gasteiger partial charge in [-0.3, -0.25) is 9.69 Å². The Morgan fingerprint density at radius 3 is 2.16 bits per heavy atom. The molecule has 1 amide bonds. The summed E-state index contributed by atoms with van der Waals surface area (Å²) in [4.78, 5) is 17.0. The number of nitriles is 3. The highest BCUT2D eigenvalue weighted by atomic mass is 16.2. The normalized spacial score (nSPS) is 13.6. The summed E-state index contributed by atoms with van der Waals surface area (Å²) in [5.74, 6) is -0.0400. The van der Waals surface area contributed by atoms with Gasteiger partial charge in [0.2, 0.25) is 0 Å². The lowest BCUT2D eigenvalue weighted by Gasteiger charge is -2.34. The molecule has 0 aromatic heterocycles. The molecule has 2 aromatic rings. The van der Waals surface area contributed by atoms with Gasteiger partial charge < -0.3 is 10.2 Å². The zero-order valence-corrected chi connectivity index (χ0v) is 17.5. The Bertz CT molecular complexity index is 1110. The van der Waals surface area contributed by atoms with Gasteiger partial charge in [0.1, 0.15) is 23.9 Å². The predicted molar refractivity (Wildman–Crippen MR) is 122 cm³/mol. The Hall–Kier alpha value is -4.38. The second kappa shape index (κ2) is 11.1. The maximum Gasteiger partial charge on any atom is 0.253 e. The largest absolute Gasteiger partial charge is 0.345 e. The van der Waals surface area contributed by atoms with Gasteiger partial charge in [-0.15, -0.1) is 0 Å². The Balaban J connectivity index is 1.52. The summed E-state index contributed by atoms with van der Waals surface area (Å²) in [6.45, 7) is 3.79. The fourth-order valence-electron chi connectivity index (χ4n) is 3.34. The molecule has 0 saturated carbocycles. The molecule has 0 radical (unpaired) electrons. The van der Waals surface area contributed by atoms with E-state index >= 15 is 0 Å². The van der Waals surface area contributed by atoms with Crippen LogP contribution in [-0.4, -0.2) is 48.4 Å². The number of benzene rings is 2. The van der Waals surface area contributed by atoms with Gasteiger partial charge in [-0.1, -0.05) is 42.5 Å². The highest BCUT2D eigenvalue weighted by Gasteiger charge is 2.21. The number of nitrogens with zero attached hydrogens (tertiary/aromatic N) is 5. The Labute approximate surface area is 187 Å². The van der Waals surface area contributed by atoms with Crippen molar-refractivity contribution in [1.82, 2.24) is 9.80 Å². The number of hydrogen-bond donors (Lipinski definition) is 1. The van der Waals surface area contributed by atoms with Gasteiger partial charge in [-0.25, -0.2) is 0 Å². The van der Waals surface area contributed by atoms with Crippen LogP contribution in [0.25, 0.3) is 6.08 Å². The Morgan fingerprint density at radius 2 is 1.56 bits per heavy atom. The third-order valence-electron chi connectivity index (χ3n) is 5.12. The molecule has 1 fully saturated rings. The SMILES string of the molecule is N#CC(C#N)=C(C#N)Nc1ccc(C(=O)N2CCN(CC=Cc3ccccc3)CC2)cc1. The Kier molecular flexibility index (Phi) is 7.76. The molecule has 1 aliphatic rings. The molecule has 0 bridgehead atoms. The molecule has 0 aliphatic carbocycles. The summed E-state index contributed by atoms with van der Waals surface area (Å²) in [5, 5.41) is 29.7. The number of anilines is 1. The first kappa shape index (κ1) is 22.3. The minimum absolute atomic E-state index is 0.0400. The van der Waals surface area contributed by atoms with Crippen LogP contribution in [0.1, 0.15) is 15.9 Å². The summed E-state index contributed by atoms with van der Waals surface area (Å²) >= 11 is 0. The number of rotatable bonds is 6. The minimum atomic E-state index is -0.288. The van der Waals surface area contributed by atoms with Crippen LogP contribution >= 0.6 is 0 Å². The molecule has 32 heavy (non-hydrogen) atoms. The average molecular weight is 422 g/mol. The maximum atomic E-state index is 12.8. The van der Waals surface area contributed by atoms with Crippen LogP contribution in [0.3, 0.4) is 0 Å². The van der Waals surface area contributed by atoms with Crippen LogP contribution < -0.4 is 5.32 Å². The number of carbonyl (C=O) groups is 1. The molecule has 7 heteroatoms. The van der Waals surface area contributed by atoms with E-state index in [1.165, 1.54) is 5.56 Å². The van der Waals surface area contributed by atoms with E-state index in [0.717, 1.165) is 19.6 Å². The summed E-state index contributed by atoms with van der Waals surface area (Å²) in [5.41, 5.74) is 1.84. The first-order valence-electron chi connectivity index (χ1n) is 10.2. The van der Waals surface area contributed by atoms with Crippen molar-refractivity contribution in [3.8, 4) is 18.2 Å². The van der Waals surface area contributed by atoms with Crippen molar-refractivity contribution < 1.29 is 4.79 Å². The van der Waals surface area contributed by atoms with Crippen molar-refractivity contribution in [1.29, 1.82) is 15.8 Å². The van der Waals surface area contributed by atoms with Crippen molar-refractivity contribution in [2.75, 3.05) is 38.0 Å². The summed E-state index contributed by atoms with van der Waals surface area (Å²) < 4.78 is 0. The van der Waals surface area contributed by atoms with Gasteiger partial charge in [0.25, 0.3) is 5.91 Å². The molecule has 1 N–H and O–H groups in total. The molecule has 0 spiro atoms. The molecule has 0 unspecified atom stereocenters. The van der Waals surface area contributed by atoms with Crippen molar-refractivity contribution >= 4 is 17.7 Å². The van der Waals surface area contributed by atoms with E-state index in [-0.39, 0.29) is 17.2 Å². The van der Waals surface area contributed by atoms with E-state index in [0.29, 0.717) is 24.3 Å². The van der Waals surface area contributed by atoms with Crippen LogP contribution in [0.5, 0.6) is 0 Å². The zero-order chi connectivity index (χ0) is 22.8. The van der Waals surface area contributed by atoms with Gasteiger partial charge in [0, 0.05) is 44.0 Å².